The van der Waals surface area contributed by atoms with E-state index in [0.29, 0.717) is 17.5 Å². The van der Waals surface area contributed by atoms with Crippen molar-refractivity contribution >= 4 is 15.9 Å². The predicted octanol–water partition coefficient (Wildman–Crippen LogP) is 1.42. The highest BCUT2D eigenvalue weighted by atomic mass is 32.2. The topological polar surface area (TPSA) is 89.3 Å². The molecule has 0 aromatic heterocycles. The van der Waals surface area contributed by atoms with Crippen molar-refractivity contribution in [1.29, 1.82) is 0 Å². The second-order valence-electron chi connectivity index (χ2n) is 5.94. The maximum Gasteiger partial charge on any atom is 0.251 e. The van der Waals surface area contributed by atoms with Crippen LogP contribution in [0.1, 0.15) is 43.1 Å². The molecule has 1 aliphatic rings. The number of carbonyl (C=O) groups excluding carboxylic acids is 1. The van der Waals surface area contributed by atoms with E-state index in [-0.39, 0.29) is 22.3 Å². The maximum absolute atomic E-state index is 12.1. The molecule has 5 nitrogen and oxygen atoms in total. The number of rotatable bonds is 4. The normalized spacial score (nSPS) is 20.5. The van der Waals surface area contributed by atoms with Gasteiger partial charge in [0.2, 0.25) is 10.0 Å². The highest BCUT2D eigenvalue weighted by Gasteiger charge is 2.46. The molecule has 2 rings (SSSR count). The summed E-state index contributed by atoms with van der Waals surface area (Å²) in [6.07, 6.45) is 1.48. The second-order valence-corrected chi connectivity index (χ2v) is 7.47. The van der Waals surface area contributed by atoms with Crippen LogP contribution in [0.15, 0.2) is 23.1 Å². The van der Waals surface area contributed by atoms with Gasteiger partial charge in [-0.15, -0.1) is 0 Å². The first kappa shape index (κ1) is 15.0. The Bertz CT molecular complexity index is 650. The summed E-state index contributed by atoms with van der Waals surface area (Å²) in [5, 5.41) is 8.10. The molecule has 0 saturated heterocycles. The zero-order valence-corrected chi connectivity index (χ0v) is 12.8. The van der Waals surface area contributed by atoms with E-state index in [1.54, 1.807) is 12.1 Å². The van der Waals surface area contributed by atoms with Crippen LogP contribution in [0.5, 0.6) is 0 Å². The number of amides is 1. The lowest BCUT2D eigenvalue weighted by Gasteiger charge is -2.10. The number of benzene rings is 1. The first-order valence-electron chi connectivity index (χ1n) is 6.62. The van der Waals surface area contributed by atoms with Crippen molar-refractivity contribution in [2.45, 2.75) is 44.6 Å². The molecular weight excluding hydrogens is 276 g/mol. The van der Waals surface area contributed by atoms with E-state index >= 15 is 0 Å². The van der Waals surface area contributed by atoms with Crippen LogP contribution in [0, 0.1) is 5.41 Å². The van der Waals surface area contributed by atoms with Gasteiger partial charge in [0.15, 0.2) is 0 Å². The molecule has 0 radical (unpaired) electrons. The Balaban J connectivity index is 2.27. The van der Waals surface area contributed by atoms with E-state index in [2.05, 4.69) is 19.2 Å². The molecule has 1 aromatic rings. The number of primary sulfonamides is 1. The molecular formula is C14H20N2O3S. The molecule has 1 aliphatic carbocycles. The van der Waals surface area contributed by atoms with E-state index in [9.17, 15) is 13.2 Å². The van der Waals surface area contributed by atoms with Crippen molar-refractivity contribution in [3.8, 4) is 0 Å². The van der Waals surface area contributed by atoms with Gasteiger partial charge in [-0.05, 0) is 36.0 Å². The number of hydrogen-bond donors (Lipinski definition) is 2. The van der Waals surface area contributed by atoms with Crippen molar-refractivity contribution in [3.05, 3.63) is 29.3 Å². The molecule has 1 atom stereocenters. The van der Waals surface area contributed by atoms with E-state index in [1.807, 2.05) is 6.92 Å². The average molecular weight is 296 g/mol. The standard InChI is InChI=1S/C14H20N2O3S/c1-4-9-5-6-10(7-11(9)20(15,18)19)13(17)16-12-8-14(12,2)3/h5-7,12H,4,8H2,1-3H3,(H,16,17)(H2,15,18,19). The zero-order valence-electron chi connectivity index (χ0n) is 11.9. The van der Waals surface area contributed by atoms with Crippen molar-refractivity contribution in [1.82, 2.24) is 5.32 Å². The summed E-state index contributed by atoms with van der Waals surface area (Å²) >= 11 is 0. The Morgan fingerprint density at radius 1 is 1.45 bits per heavy atom. The molecule has 1 saturated carbocycles. The third-order valence-corrected chi connectivity index (χ3v) is 4.83. The summed E-state index contributed by atoms with van der Waals surface area (Å²) in [5.41, 5.74) is 1.08. The Hall–Kier alpha value is -1.40. The molecule has 0 aliphatic heterocycles. The van der Waals surface area contributed by atoms with Crippen LogP contribution in [0.3, 0.4) is 0 Å². The van der Waals surface area contributed by atoms with Crippen molar-refractivity contribution in [3.63, 3.8) is 0 Å². The van der Waals surface area contributed by atoms with Gasteiger partial charge in [0.1, 0.15) is 0 Å². The summed E-state index contributed by atoms with van der Waals surface area (Å²) in [6, 6.07) is 4.79. The average Bonchev–Trinajstić information content (AvgIpc) is 2.94. The minimum atomic E-state index is -3.82. The monoisotopic (exact) mass is 296 g/mol. The third-order valence-electron chi connectivity index (χ3n) is 3.84. The number of nitrogens with one attached hydrogen (secondary N) is 1. The van der Waals surface area contributed by atoms with Gasteiger partial charge in [-0.3, -0.25) is 4.79 Å². The fourth-order valence-corrected chi connectivity index (χ4v) is 3.08. The van der Waals surface area contributed by atoms with Gasteiger partial charge in [-0.25, -0.2) is 13.6 Å². The van der Waals surface area contributed by atoms with Crippen LogP contribution in [0.4, 0.5) is 0 Å². The van der Waals surface area contributed by atoms with Gasteiger partial charge in [0.05, 0.1) is 4.90 Å². The van der Waals surface area contributed by atoms with E-state index in [4.69, 9.17) is 5.14 Å². The smallest absolute Gasteiger partial charge is 0.251 e. The van der Waals surface area contributed by atoms with Crippen molar-refractivity contribution in [2.24, 2.45) is 10.6 Å². The van der Waals surface area contributed by atoms with Gasteiger partial charge >= 0.3 is 0 Å². The summed E-state index contributed by atoms with van der Waals surface area (Å²) in [4.78, 5) is 12.1. The van der Waals surface area contributed by atoms with E-state index < -0.39 is 10.0 Å². The number of carbonyl (C=O) groups is 1. The molecule has 0 spiro atoms. The van der Waals surface area contributed by atoms with Crippen molar-refractivity contribution < 1.29 is 13.2 Å². The molecule has 110 valence electrons. The minimum Gasteiger partial charge on any atom is -0.349 e. The molecule has 20 heavy (non-hydrogen) atoms. The number of nitrogens with two attached hydrogens (primary N) is 1. The van der Waals surface area contributed by atoms with Gasteiger partial charge in [0, 0.05) is 11.6 Å². The number of sulfonamides is 1. The molecule has 0 heterocycles. The number of aryl methyl sites for hydroxylation is 1. The zero-order chi connectivity index (χ0) is 15.1. The largest absolute Gasteiger partial charge is 0.349 e. The Morgan fingerprint density at radius 2 is 2.05 bits per heavy atom. The quantitative estimate of drug-likeness (QED) is 0.880. The van der Waals surface area contributed by atoms with Gasteiger partial charge in [0.25, 0.3) is 5.91 Å². The summed E-state index contributed by atoms with van der Waals surface area (Å²) in [6.45, 7) is 6.00. The first-order valence-corrected chi connectivity index (χ1v) is 8.16. The van der Waals surface area contributed by atoms with Crippen LogP contribution in [-0.4, -0.2) is 20.4 Å². The SMILES string of the molecule is CCc1ccc(C(=O)NC2CC2(C)C)cc1S(N)(=O)=O. The Kier molecular flexibility index (Phi) is 3.64. The predicted molar refractivity (Wildman–Crippen MR) is 76.8 cm³/mol. The van der Waals surface area contributed by atoms with Crippen LogP contribution in [-0.2, 0) is 16.4 Å². The van der Waals surface area contributed by atoms with Crippen molar-refractivity contribution in [2.75, 3.05) is 0 Å². The minimum absolute atomic E-state index is 0.0303. The summed E-state index contributed by atoms with van der Waals surface area (Å²) < 4.78 is 23.1. The lowest BCUT2D eigenvalue weighted by atomic mass is 10.1. The fraction of sp³-hybridized carbons (Fsp3) is 0.500. The van der Waals surface area contributed by atoms with Crippen LogP contribution in [0.25, 0.3) is 0 Å². The van der Waals surface area contributed by atoms with Gasteiger partial charge < -0.3 is 5.32 Å². The lowest BCUT2D eigenvalue weighted by molar-refractivity contribution is 0.0946. The Morgan fingerprint density at radius 3 is 2.50 bits per heavy atom. The van der Waals surface area contributed by atoms with Gasteiger partial charge in [-0.1, -0.05) is 26.8 Å². The number of hydrogen-bond acceptors (Lipinski definition) is 3. The lowest BCUT2D eigenvalue weighted by Crippen LogP contribution is -2.28. The molecule has 0 bridgehead atoms. The highest BCUT2D eigenvalue weighted by molar-refractivity contribution is 7.89. The second kappa shape index (κ2) is 4.86. The summed E-state index contributed by atoms with van der Waals surface area (Å²) in [5.74, 6) is -0.256. The molecule has 1 amide bonds. The highest BCUT2D eigenvalue weighted by Crippen LogP contribution is 2.44. The maximum atomic E-state index is 12.1. The van der Waals surface area contributed by atoms with Crippen LogP contribution in [0.2, 0.25) is 0 Å². The van der Waals surface area contributed by atoms with Gasteiger partial charge in [-0.2, -0.15) is 0 Å². The van der Waals surface area contributed by atoms with E-state index in [1.165, 1.54) is 6.07 Å². The Labute approximate surface area is 119 Å². The first-order chi connectivity index (χ1) is 9.15. The molecule has 3 N–H and O–H groups in total. The molecule has 1 aromatic carbocycles. The molecule has 1 fully saturated rings. The van der Waals surface area contributed by atoms with Crippen LogP contribution >= 0.6 is 0 Å². The molecule has 6 heteroatoms. The van der Waals surface area contributed by atoms with Crippen LogP contribution < -0.4 is 10.5 Å². The molecule has 1 unspecified atom stereocenters. The summed E-state index contributed by atoms with van der Waals surface area (Å²) in [7, 11) is -3.82. The van der Waals surface area contributed by atoms with E-state index in [0.717, 1.165) is 6.42 Å². The third kappa shape index (κ3) is 3.02. The fourth-order valence-electron chi connectivity index (χ4n) is 2.21.